The fraction of sp³-hybridized carbons (Fsp3) is 0.318. The number of rotatable bonds is 6. The van der Waals surface area contributed by atoms with E-state index in [1.54, 1.807) is 64.1 Å². The summed E-state index contributed by atoms with van der Waals surface area (Å²) in [6.45, 7) is 6.98. The van der Waals surface area contributed by atoms with E-state index in [9.17, 15) is 14.4 Å². The van der Waals surface area contributed by atoms with Gasteiger partial charge in [-0.2, -0.15) is 0 Å². The van der Waals surface area contributed by atoms with Gasteiger partial charge < -0.3 is 15.4 Å². The van der Waals surface area contributed by atoms with Gasteiger partial charge in [-0.25, -0.2) is 4.79 Å². The molecule has 29 heavy (non-hydrogen) atoms. The second-order valence-electron chi connectivity index (χ2n) is 7.48. The normalized spacial score (nSPS) is 12.0. The van der Waals surface area contributed by atoms with Gasteiger partial charge in [-0.3, -0.25) is 9.59 Å². The number of nitrogens with one attached hydrogen (secondary N) is 2. The van der Waals surface area contributed by atoms with Crippen LogP contribution in [0.3, 0.4) is 0 Å². The highest BCUT2D eigenvalue weighted by atomic mass is 35.5. The molecule has 0 fully saturated rings. The van der Waals surface area contributed by atoms with Crippen molar-refractivity contribution in [3.05, 3.63) is 64.7 Å². The zero-order chi connectivity index (χ0) is 21.6. The summed E-state index contributed by atoms with van der Waals surface area (Å²) in [5, 5.41) is 5.65. The maximum Gasteiger partial charge on any atom is 0.408 e. The monoisotopic (exact) mass is 416 g/mol. The molecule has 6 nitrogen and oxygen atoms in total. The van der Waals surface area contributed by atoms with Crippen LogP contribution in [0.2, 0.25) is 5.02 Å². The van der Waals surface area contributed by atoms with Crippen molar-refractivity contribution in [2.75, 3.05) is 5.32 Å². The van der Waals surface area contributed by atoms with Gasteiger partial charge in [-0.15, -0.1) is 0 Å². The van der Waals surface area contributed by atoms with Gasteiger partial charge in [-0.05, 0) is 45.4 Å². The first-order valence-corrected chi connectivity index (χ1v) is 9.68. The predicted octanol–water partition coefficient (Wildman–Crippen LogP) is 4.81. The molecule has 2 rings (SSSR count). The third-order valence-corrected chi connectivity index (χ3v) is 4.17. The smallest absolute Gasteiger partial charge is 0.408 e. The maximum atomic E-state index is 12.9. The van der Waals surface area contributed by atoms with Crippen LogP contribution in [0.1, 0.15) is 50.0 Å². The summed E-state index contributed by atoms with van der Waals surface area (Å²) in [6, 6.07) is 12.5. The Morgan fingerprint density at radius 3 is 2.31 bits per heavy atom. The van der Waals surface area contributed by atoms with E-state index < -0.39 is 23.6 Å². The molecule has 2 amide bonds. The zero-order valence-corrected chi connectivity index (χ0v) is 17.7. The second-order valence-corrected chi connectivity index (χ2v) is 7.92. The van der Waals surface area contributed by atoms with Crippen LogP contribution in [0, 0.1) is 0 Å². The lowest BCUT2D eigenvalue weighted by molar-refractivity contribution is -0.118. The Balaban J connectivity index is 2.21. The van der Waals surface area contributed by atoms with Crippen LogP contribution in [-0.2, 0) is 9.53 Å². The molecular weight excluding hydrogens is 392 g/mol. The summed E-state index contributed by atoms with van der Waals surface area (Å²) >= 11 is 6.07. The minimum atomic E-state index is -0.819. The lowest BCUT2D eigenvalue weighted by atomic mass is 10.0. The molecule has 0 saturated heterocycles. The molecule has 0 aliphatic rings. The first-order chi connectivity index (χ1) is 13.6. The predicted molar refractivity (Wildman–Crippen MR) is 113 cm³/mol. The first kappa shape index (κ1) is 22.4. The molecule has 2 N–H and O–H groups in total. The van der Waals surface area contributed by atoms with Gasteiger partial charge in [0.1, 0.15) is 11.6 Å². The summed E-state index contributed by atoms with van der Waals surface area (Å²) in [6.07, 6.45) is -0.336. The number of alkyl carbamates (subject to hydrolysis) is 1. The van der Waals surface area contributed by atoms with E-state index in [2.05, 4.69) is 10.6 Å². The summed E-state index contributed by atoms with van der Waals surface area (Å²) in [4.78, 5) is 37.6. The number of ether oxygens (including phenoxy) is 1. The number of carbonyl (C=O) groups is 3. The zero-order valence-electron chi connectivity index (χ0n) is 16.9. The quantitative estimate of drug-likeness (QED) is 0.661. The number of carbonyl (C=O) groups excluding carboxylic acids is 3. The second kappa shape index (κ2) is 9.56. The Bertz CT molecular complexity index is 891. The van der Waals surface area contributed by atoms with Crippen LogP contribution in [0.4, 0.5) is 10.5 Å². The van der Waals surface area contributed by atoms with Gasteiger partial charge >= 0.3 is 6.09 Å². The van der Waals surface area contributed by atoms with Gasteiger partial charge in [0.15, 0.2) is 5.78 Å². The topological polar surface area (TPSA) is 84.5 Å². The summed E-state index contributed by atoms with van der Waals surface area (Å²) < 4.78 is 5.20. The van der Waals surface area contributed by atoms with Crippen molar-refractivity contribution in [3.8, 4) is 0 Å². The fourth-order valence-electron chi connectivity index (χ4n) is 2.58. The van der Waals surface area contributed by atoms with E-state index in [1.165, 1.54) is 6.07 Å². The molecule has 7 heteroatoms. The average molecular weight is 417 g/mol. The van der Waals surface area contributed by atoms with Gasteiger partial charge in [0.2, 0.25) is 5.91 Å². The van der Waals surface area contributed by atoms with Crippen molar-refractivity contribution in [1.29, 1.82) is 0 Å². The standard InChI is InChI=1S/C22H25ClN2O4/c1-5-17(25-21(28)29-22(2,3)4)20(27)24-18-12-11-15(23)13-16(18)19(26)14-9-7-6-8-10-14/h6-13,17H,5H2,1-4H3,(H,24,27)(H,25,28). The Kier molecular flexibility index (Phi) is 7.40. The van der Waals surface area contributed by atoms with Crippen LogP contribution < -0.4 is 10.6 Å². The van der Waals surface area contributed by atoms with Crippen LogP contribution in [0.25, 0.3) is 0 Å². The lowest BCUT2D eigenvalue weighted by Gasteiger charge is -2.23. The van der Waals surface area contributed by atoms with E-state index >= 15 is 0 Å². The number of anilines is 1. The molecule has 154 valence electrons. The number of ketones is 1. The molecule has 1 unspecified atom stereocenters. The average Bonchev–Trinajstić information content (AvgIpc) is 2.66. The van der Waals surface area contributed by atoms with Gasteiger partial charge in [-0.1, -0.05) is 48.9 Å². The van der Waals surface area contributed by atoms with Crippen LogP contribution in [0.5, 0.6) is 0 Å². The molecule has 0 heterocycles. The number of halogens is 1. The highest BCUT2D eigenvalue weighted by Crippen LogP contribution is 2.24. The van der Waals surface area contributed by atoms with Crippen molar-refractivity contribution >= 4 is 35.1 Å². The van der Waals surface area contributed by atoms with Crippen molar-refractivity contribution < 1.29 is 19.1 Å². The van der Waals surface area contributed by atoms with Crippen molar-refractivity contribution in [1.82, 2.24) is 5.32 Å². The van der Waals surface area contributed by atoms with Crippen molar-refractivity contribution in [3.63, 3.8) is 0 Å². The number of benzene rings is 2. The van der Waals surface area contributed by atoms with Crippen LogP contribution >= 0.6 is 11.6 Å². The molecule has 0 aliphatic carbocycles. The molecule has 0 saturated carbocycles. The highest BCUT2D eigenvalue weighted by Gasteiger charge is 2.24. The number of hydrogen-bond donors (Lipinski definition) is 2. The fourth-order valence-corrected chi connectivity index (χ4v) is 2.75. The van der Waals surface area contributed by atoms with Crippen LogP contribution in [0.15, 0.2) is 48.5 Å². The molecule has 0 bridgehead atoms. The minimum absolute atomic E-state index is 0.267. The summed E-state index contributed by atoms with van der Waals surface area (Å²) in [7, 11) is 0. The molecule has 2 aromatic rings. The third-order valence-electron chi connectivity index (χ3n) is 3.94. The summed E-state index contributed by atoms with van der Waals surface area (Å²) in [5.41, 5.74) is 0.385. The Morgan fingerprint density at radius 2 is 1.72 bits per heavy atom. The molecule has 0 spiro atoms. The van der Waals surface area contributed by atoms with E-state index in [1.807, 2.05) is 6.07 Å². The number of amides is 2. The van der Waals surface area contributed by atoms with Gasteiger partial charge in [0, 0.05) is 16.1 Å². The van der Waals surface area contributed by atoms with E-state index in [0.29, 0.717) is 22.7 Å². The largest absolute Gasteiger partial charge is 0.444 e. The molecular formula is C22H25ClN2O4. The highest BCUT2D eigenvalue weighted by molar-refractivity contribution is 6.31. The van der Waals surface area contributed by atoms with Crippen LogP contribution in [-0.4, -0.2) is 29.4 Å². The number of hydrogen-bond acceptors (Lipinski definition) is 4. The lowest BCUT2D eigenvalue weighted by Crippen LogP contribution is -2.45. The molecule has 0 aromatic heterocycles. The van der Waals surface area contributed by atoms with E-state index in [-0.39, 0.29) is 11.3 Å². The molecule has 0 radical (unpaired) electrons. The Labute approximate surface area is 175 Å². The molecule has 1 atom stereocenters. The summed E-state index contributed by atoms with van der Waals surface area (Å²) in [5.74, 6) is -0.723. The molecule has 2 aromatic carbocycles. The Morgan fingerprint density at radius 1 is 1.07 bits per heavy atom. The van der Waals surface area contributed by atoms with E-state index in [4.69, 9.17) is 16.3 Å². The third kappa shape index (κ3) is 6.61. The van der Waals surface area contributed by atoms with Gasteiger partial charge in [0.05, 0.1) is 5.69 Å². The van der Waals surface area contributed by atoms with Crippen molar-refractivity contribution in [2.24, 2.45) is 0 Å². The maximum absolute atomic E-state index is 12.9. The Hall–Kier alpha value is -2.86. The van der Waals surface area contributed by atoms with Gasteiger partial charge in [0.25, 0.3) is 0 Å². The van der Waals surface area contributed by atoms with E-state index in [0.717, 1.165) is 0 Å². The molecule has 0 aliphatic heterocycles. The minimum Gasteiger partial charge on any atom is -0.444 e. The first-order valence-electron chi connectivity index (χ1n) is 9.30. The SMILES string of the molecule is CCC(NC(=O)OC(C)(C)C)C(=O)Nc1ccc(Cl)cc1C(=O)c1ccccc1. The van der Waals surface area contributed by atoms with Crippen molar-refractivity contribution in [2.45, 2.75) is 45.8 Å².